The van der Waals surface area contributed by atoms with Crippen molar-refractivity contribution in [1.82, 2.24) is 5.32 Å². The molecule has 0 heterocycles. The van der Waals surface area contributed by atoms with Crippen LogP contribution in [0, 0.1) is 0 Å². The fourth-order valence-electron chi connectivity index (χ4n) is 1.65. The molecule has 128 valence electrons. The third kappa shape index (κ3) is 9.23. The van der Waals surface area contributed by atoms with E-state index in [0.29, 0.717) is 18.8 Å². The number of rotatable bonds is 8. The number of carbonyl (C=O) groups excluding carboxylic acids is 2. The molecule has 7 heteroatoms. The summed E-state index contributed by atoms with van der Waals surface area (Å²) >= 11 is 0. The summed E-state index contributed by atoms with van der Waals surface area (Å²) in [5.74, 6) is 0.0747. The van der Waals surface area contributed by atoms with Crippen molar-refractivity contribution < 1.29 is 19.1 Å². The lowest BCUT2D eigenvalue weighted by Gasteiger charge is -2.19. The van der Waals surface area contributed by atoms with E-state index >= 15 is 0 Å². The van der Waals surface area contributed by atoms with Gasteiger partial charge in [-0.3, -0.25) is 4.79 Å². The van der Waals surface area contributed by atoms with Crippen LogP contribution < -0.4 is 21.1 Å². The van der Waals surface area contributed by atoms with Crippen LogP contribution in [0.2, 0.25) is 0 Å². The summed E-state index contributed by atoms with van der Waals surface area (Å²) in [6, 6.07) is 7.20. The molecule has 0 aromatic heterocycles. The van der Waals surface area contributed by atoms with Gasteiger partial charge in [0.25, 0.3) is 5.91 Å². The van der Waals surface area contributed by atoms with E-state index in [1.54, 1.807) is 12.1 Å². The predicted molar refractivity (Wildman–Crippen MR) is 88.5 cm³/mol. The second-order valence-corrected chi connectivity index (χ2v) is 5.99. The highest BCUT2D eigenvalue weighted by Gasteiger charge is 2.15. The summed E-state index contributed by atoms with van der Waals surface area (Å²) in [5, 5.41) is 5.92. The van der Waals surface area contributed by atoms with Gasteiger partial charge in [0.2, 0.25) is 0 Å². The smallest absolute Gasteiger partial charge is 0.407 e. The van der Waals surface area contributed by atoms with E-state index in [-0.39, 0.29) is 6.61 Å². The van der Waals surface area contributed by atoms with Crippen molar-refractivity contribution >= 4 is 17.7 Å². The average Bonchev–Trinajstić information content (AvgIpc) is 2.44. The first-order valence-electron chi connectivity index (χ1n) is 7.48. The standard InChI is InChI=1S/C16H25N3O4/c1-16(2,3)23-15(21)19-10-4-9-18-12-5-7-13(8-6-12)22-11-14(17)20/h5-8,18H,4,9-11H2,1-3H3,(H2,17,20)(H,19,21). The number of primary amides is 1. The maximum atomic E-state index is 11.4. The highest BCUT2D eigenvalue weighted by molar-refractivity contribution is 5.75. The number of nitrogens with one attached hydrogen (secondary N) is 2. The van der Waals surface area contributed by atoms with Crippen LogP contribution in [0.1, 0.15) is 27.2 Å². The Morgan fingerprint density at radius 3 is 2.35 bits per heavy atom. The molecular weight excluding hydrogens is 298 g/mol. The molecule has 4 N–H and O–H groups in total. The number of nitrogens with two attached hydrogens (primary N) is 1. The topological polar surface area (TPSA) is 103 Å². The van der Waals surface area contributed by atoms with Gasteiger partial charge >= 0.3 is 6.09 Å². The molecule has 1 aromatic rings. The molecule has 2 amide bonds. The highest BCUT2D eigenvalue weighted by Crippen LogP contribution is 2.15. The SMILES string of the molecule is CC(C)(C)OC(=O)NCCCNc1ccc(OCC(N)=O)cc1. The van der Waals surface area contributed by atoms with E-state index in [1.807, 2.05) is 32.9 Å². The normalized spacial score (nSPS) is 10.7. The first-order valence-corrected chi connectivity index (χ1v) is 7.48. The first kappa shape index (κ1) is 18.6. The molecule has 0 aliphatic carbocycles. The van der Waals surface area contributed by atoms with Gasteiger partial charge in [-0.2, -0.15) is 0 Å². The Morgan fingerprint density at radius 2 is 1.78 bits per heavy atom. The van der Waals surface area contributed by atoms with Gasteiger partial charge in [-0.1, -0.05) is 0 Å². The van der Waals surface area contributed by atoms with Crippen LogP contribution in [0.4, 0.5) is 10.5 Å². The summed E-state index contributed by atoms with van der Waals surface area (Å²) in [6.07, 6.45) is 0.354. The van der Waals surface area contributed by atoms with E-state index < -0.39 is 17.6 Å². The number of alkyl carbamates (subject to hydrolysis) is 1. The lowest BCUT2D eigenvalue weighted by atomic mass is 10.2. The number of hydrogen-bond donors (Lipinski definition) is 3. The fourth-order valence-corrected chi connectivity index (χ4v) is 1.65. The zero-order valence-electron chi connectivity index (χ0n) is 13.8. The third-order valence-electron chi connectivity index (χ3n) is 2.59. The molecule has 0 radical (unpaired) electrons. The van der Waals surface area contributed by atoms with E-state index in [9.17, 15) is 9.59 Å². The van der Waals surface area contributed by atoms with Gasteiger partial charge in [0.1, 0.15) is 11.4 Å². The molecule has 0 fully saturated rings. The number of benzene rings is 1. The predicted octanol–water partition coefficient (Wildman–Crippen LogP) is 1.88. The molecule has 0 atom stereocenters. The number of amides is 2. The Bertz CT molecular complexity index is 509. The van der Waals surface area contributed by atoms with Crippen molar-refractivity contribution in [2.45, 2.75) is 32.8 Å². The molecule has 23 heavy (non-hydrogen) atoms. The Labute approximate surface area is 136 Å². The van der Waals surface area contributed by atoms with Crippen molar-refractivity contribution in [2.75, 3.05) is 25.0 Å². The zero-order valence-corrected chi connectivity index (χ0v) is 13.8. The molecule has 0 aliphatic heterocycles. The summed E-state index contributed by atoms with van der Waals surface area (Å²) in [4.78, 5) is 22.1. The number of anilines is 1. The van der Waals surface area contributed by atoms with Crippen molar-refractivity contribution in [2.24, 2.45) is 5.73 Å². The molecule has 0 spiro atoms. The summed E-state index contributed by atoms with van der Waals surface area (Å²) < 4.78 is 10.3. The highest BCUT2D eigenvalue weighted by atomic mass is 16.6. The van der Waals surface area contributed by atoms with Crippen LogP contribution in [0.5, 0.6) is 5.75 Å². The van der Waals surface area contributed by atoms with Crippen molar-refractivity contribution in [3.8, 4) is 5.75 Å². The molecule has 0 saturated heterocycles. The van der Waals surface area contributed by atoms with E-state index in [0.717, 1.165) is 12.1 Å². The molecule has 0 saturated carbocycles. The summed E-state index contributed by atoms with van der Waals surface area (Å²) in [6.45, 7) is 6.57. The summed E-state index contributed by atoms with van der Waals surface area (Å²) in [5.41, 5.74) is 5.44. The van der Waals surface area contributed by atoms with Crippen LogP contribution in [0.25, 0.3) is 0 Å². The molecule has 0 unspecified atom stereocenters. The van der Waals surface area contributed by atoms with Crippen LogP contribution in [0.15, 0.2) is 24.3 Å². The van der Waals surface area contributed by atoms with Crippen LogP contribution in [-0.2, 0) is 9.53 Å². The van der Waals surface area contributed by atoms with Crippen LogP contribution in [-0.4, -0.2) is 37.3 Å². The molecule has 0 aliphatic rings. The quantitative estimate of drug-likeness (QED) is 0.634. The van der Waals surface area contributed by atoms with E-state index in [2.05, 4.69) is 10.6 Å². The maximum absolute atomic E-state index is 11.4. The summed E-state index contributed by atoms with van der Waals surface area (Å²) in [7, 11) is 0. The lowest BCUT2D eigenvalue weighted by Crippen LogP contribution is -2.33. The minimum atomic E-state index is -0.510. The number of ether oxygens (including phenoxy) is 2. The van der Waals surface area contributed by atoms with Gasteiger partial charge in [-0.05, 0) is 51.5 Å². The molecule has 1 rings (SSSR count). The van der Waals surface area contributed by atoms with Gasteiger partial charge in [0, 0.05) is 18.8 Å². The Morgan fingerprint density at radius 1 is 1.13 bits per heavy atom. The third-order valence-corrected chi connectivity index (χ3v) is 2.59. The van der Waals surface area contributed by atoms with Gasteiger partial charge in [-0.15, -0.1) is 0 Å². The molecule has 7 nitrogen and oxygen atoms in total. The minimum absolute atomic E-state index is 0.136. The zero-order chi connectivity index (χ0) is 17.3. The Balaban J connectivity index is 2.18. The molecule has 0 bridgehead atoms. The number of carbonyl (C=O) groups is 2. The average molecular weight is 323 g/mol. The van der Waals surface area contributed by atoms with Crippen molar-refractivity contribution in [3.05, 3.63) is 24.3 Å². The Hall–Kier alpha value is -2.44. The molecule has 1 aromatic carbocycles. The van der Waals surface area contributed by atoms with E-state index in [1.165, 1.54) is 0 Å². The lowest BCUT2D eigenvalue weighted by molar-refractivity contribution is -0.119. The minimum Gasteiger partial charge on any atom is -0.484 e. The van der Waals surface area contributed by atoms with Gasteiger partial charge < -0.3 is 25.8 Å². The van der Waals surface area contributed by atoms with Crippen LogP contribution in [0.3, 0.4) is 0 Å². The fraction of sp³-hybridized carbons (Fsp3) is 0.500. The monoisotopic (exact) mass is 323 g/mol. The maximum Gasteiger partial charge on any atom is 0.407 e. The molecular formula is C16H25N3O4. The van der Waals surface area contributed by atoms with Crippen LogP contribution >= 0.6 is 0 Å². The number of hydrogen-bond acceptors (Lipinski definition) is 5. The van der Waals surface area contributed by atoms with Crippen molar-refractivity contribution in [3.63, 3.8) is 0 Å². The van der Waals surface area contributed by atoms with Gasteiger partial charge in [0.15, 0.2) is 6.61 Å². The second-order valence-electron chi connectivity index (χ2n) is 5.99. The van der Waals surface area contributed by atoms with E-state index in [4.69, 9.17) is 15.2 Å². The van der Waals surface area contributed by atoms with Crippen molar-refractivity contribution in [1.29, 1.82) is 0 Å². The van der Waals surface area contributed by atoms with Gasteiger partial charge in [0.05, 0.1) is 0 Å². The second kappa shape index (κ2) is 8.87. The largest absolute Gasteiger partial charge is 0.484 e. The Kier molecular flexibility index (Phi) is 7.18. The first-order chi connectivity index (χ1) is 10.8. The van der Waals surface area contributed by atoms with Gasteiger partial charge in [-0.25, -0.2) is 4.79 Å².